The fraction of sp³-hybridized carbons (Fsp3) is 0.0714. The average Bonchev–Trinajstić information content (AvgIpc) is 2.79. The van der Waals surface area contributed by atoms with Gasteiger partial charge in [-0.3, -0.25) is 0 Å². The third-order valence-electron chi connectivity index (χ3n) is 2.86. The van der Waals surface area contributed by atoms with Crippen LogP contribution in [0.5, 0.6) is 0 Å². The van der Waals surface area contributed by atoms with Crippen LogP contribution >= 0.6 is 11.6 Å². The number of halogens is 3. The van der Waals surface area contributed by atoms with Gasteiger partial charge in [0.05, 0.1) is 17.6 Å². The number of nitrogens with zero attached hydrogens (tertiary/aromatic N) is 1. The Morgan fingerprint density at radius 3 is 2.75 bits per heavy atom. The summed E-state index contributed by atoms with van der Waals surface area (Å²) in [6.07, 6.45) is 0. The maximum absolute atomic E-state index is 13.1. The van der Waals surface area contributed by atoms with E-state index in [-0.39, 0.29) is 0 Å². The predicted octanol–water partition coefficient (Wildman–Crippen LogP) is 4.11. The van der Waals surface area contributed by atoms with E-state index in [1.807, 2.05) is 12.1 Å². The standard InChI is InChI=1S/C14H10ClF2N3/c15-8-2-1-3-9(4-8)18-7-14-19-12-5-10(16)11(17)6-13(12)20-14/h1-6,18H,7H2,(H,19,20). The minimum absolute atomic E-state index is 0.395. The summed E-state index contributed by atoms with van der Waals surface area (Å²) in [5, 5.41) is 3.75. The number of aromatic nitrogens is 2. The van der Waals surface area contributed by atoms with Crippen LogP contribution in [-0.4, -0.2) is 9.97 Å². The lowest BCUT2D eigenvalue weighted by molar-refractivity contribution is 0.510. The largest absolute Gasteiger partial charge is 0.378 e. The van der Waals surface area contributed by atoms with Crippen LogP contribution in [0.4, 0.5) is 14.5 Å². The van der Waals surface area contributed by atoms with Crippen molar-refractivity contribution in [2.45, 2.75) is 6.54 Å². The van der Waals surface area contributed by atoms with Crippen LogP contribution in [0.15, 0.2) is 36.4 Å². The summed E-state index contributed by atoms with van der Waals surface area (Å²) >= 11 is 5.88. The highest BCUT2D eigenvalue weighted by molar-refractivity contribution is 6.30. The Bertz CT molecular complexity index is 731. The average molecular weight is 294 g/mol. The Morgan fingerprint density at radius 1 is 1.15 bits per heavy atom. The van der Waals surface area contributed by atoms with Gasteiger partial charge < -0.3 is 10.3 Å². The van der Waals surface area contributed by atoms with Crippen molar-refractivity contribution in [2.24, 2.45) is 0 Å². The maximum Gasteiger partial charge on any atom is 0.161 e. The molecule has 1 aromatic heterocycles. The number of rotatable bonds is 3. The molecule has 0 aliphatic heterocycles. The SMILES string of the molecule is Fc1cc2nc(CNc3cccc(Cl)c3)[nH]c2cc1F. The second kappa shape index (κ2) is 5.09. The predicted molar refractivity (Wildman–Crippen MR) is 74.8 cm³/mol. The Hall–Kier alpha value is -2.14. The lowest BCUT2D eigenvalue weighted by Gasteiger charge is -2.04. The summed E-state index contributed by atoms with van der Waals surface area (Å²) in [7, 11) is 0. The molecule has 0 atom stereocenters. The van der Waals surface area contributed by atoms with E-state index in [9.17, 15) is 8.78 Å². The maximum atomic E-state index is 13.1. The zero-order valence-electron chi connectivity index (χ0n) is 10.3. The first-order chi connectivity index (χ1) is 9.61. The Kier molecular flexibility index (Phi) is 3.28. The molecular weight excluding hydrogens is 284 g/mol. The zero-order valence-corrected chi connectivity index (χ0v) is 11.0. The first-order valence-corrected chi connectivity index (χ1v) is 6.33. The molecule has 0 saturated heterocycles. The van der Waals surface area contributed by atoms with E-state index in [1.165, 1.54) is 0 Å². The Balaban J connectivity index is 1.81. The molecule has 0 amide bonds. The second-order valence-corrected chi connectivity index (χ2v) is 4.77. The van der Waals surface area contributed by atoms with Crippen LogP contribution in [0, 0.1) is 11.6 Å². The molecular formula is C14H10ClF2N3. The van der Waals surface area contributed by atoms with E-state index < -0.39 is 11.6 Å². The van der Waals surface area contributed by atoms with Crippen molar-refractivity contribution in [3.05, 3.63) is 58.9 Å². The minimum Gasteiger partial charge on any atom is -0.378 e. The van der Waals surface area contributed by atoms with Crippen molar-refractivity contribution in [1.29, 1.82) is 0 Å². The highest BCUT2D eigenvalue weighted by Crippen LogP contribution is 2.18. The van der Waals surface area contributed by atoms with E-state index in [1.54, 1.807) is 12.1 Å². The number of anilines is 1. The number of benzene rings is 2. The minimum atomic E-state index is -0.904. The molecule has 3 rings (SSSR count). The van der Waals surface area contributed by atoms with Crippen LogP contribution in [0.25, 0.3) is 11.0 Å². The van der Waals surface area contributed by atoms with Gasteiger partial charge in [-0.1, -0.05) is 17.7 Å². The molecule has 3 nitrogen and oxygen atoms in total. The molecule has 20 heavy (non-hydrogen) atoms. The smallest absolute Gasteiger partial charge is 0.161 e. The van der Waals surface area contributed by atoms with Gasteiger partial charge in [0.25, 0.3) is 0 Å². The van der Waals surface area contributed by atoms with Crippen LogP contribution < -0.4 is 5.32 Å². The number of imidazole rings is 1. The number of H-pyrrole nitrogens is 1. The fourth-order valence-electron chi connectivity index (χ4n) is 1.93. The quantitative estimate of drug-likeness (QED) is 0.763. The highest BCUT2D eigenvalue weighted by Gasteiger charge is 2.08. The number of aromatic amines is 1. The van der Waals surface area contributed by atoms with Gasteiger partial charge in [0, 0.05) is 22.8 Å². The van der Waals surface area contributed by atoms with E-state index in [2.05, 4.69) is 15.3 Å². The van der Waals surface area contributed by atoms with Crippen molar-refractivity contribution in [3.63, 3.8) is 0 Å². The summed E-state index contributed by atoms with van der Waals surface area (Å²) in [6, 6.07) is 9.43. The number of hydrogen-bond acceptors (Lipinski definition) is 2. The summed E-state index contributed by atoms with van der Waals surface area (Å²) in [5.41, 5.74) is 1.70. The van der Waals surface area contributed by atoms with Gasteiger partial charge in [0.15, 0.2) is 11.6 Å². The second-order valence-electron chi connectivity index (χ2n) is 4.33. The fourth-order valence-corrected chi connectivity index (χ4v) is 2.12. The first kappa shape index (κ1) is 12.9. The van der Waals surface area contributed by atoms with Crippen LogP contribution in [0.3, 0.4) is 0 Å². The normalized spacial score (nSPS) is 10.9. The van der Waals surface area contributed by atoms with Gasteiger partial charge in [-0.2, -0.15) is 0 Å². The summed E-state index contributed by atoms with van der Waals surface area (Å²) in [5.74, 6) is -1.21. The van der Waals surface area contributed by atoms with Crippen molar-refractivity contribution in [2.75, 3.05) is 5.32 Å². The molecule has 0 bridgehead atoms. The van der Waals surface area contributed by atoms with E-state index in [0.29, 0.717) is 28.4 Å². The summed E-state index contributed by atoms with van der Waals surface area (Å²) in [4.78, 5) is 7.13. The zero-order chi connectivity index (χ0) is 14.1. The van der Waals surface area contributed by atoms with Crippen LogP contribution in [-0.2, 0) is 6.54 Å². The number of hydrogen-bond donors (Lipinski definition) is 2. The topological polar surface area (TPSA) is 40.7 Å². The highest BCUT2D eigenvalue weighted by atomic mass is 35.5. The molecule has 102 valence electrons. The molecule has 0 radical (unpaired) electrons. The molecule has 1 heterocycles. The summed E-state index contributed by atoms with van der Waals surface area (Å²) < 4.78 is 26.2. The summed E-state index contributed by atoms with van der Waals surface area (Å²) in [6.45, 7) is 0.401. The molecule has 6 heteroatoms. The number of nitrogens with one attached hydrogen (secondary N) is 2. The molecule has 0 spiro atoms. The monoisotopic (exact) mass is 293 g/mol. The Labute approximate surface area is 118 Å². The van der Waals surface area contributed by atoms with Gasteiger partial charge in [-0.05, 0) is 18.2 Å². The van der Waals surface area contributed by atoms with Crippen LogP contribution in [0.2, 0.25) is 5.02 Å². The van der Waals surface area contributed by atoms with E-state index in [0.717, 1.165) is 17.8 Å². The molecule has 0 saturated carbocycles. The third-order valence-corrected chi connectivity index (χ3v) is 3.09. The van der Waals surface area contributed by atoms with Gasteiger partial charge >= 0.3 is 0 Å². The van der Waals surface area contributed by atoms with Crippen molar-refractivity contribution < 1.29 is 8.78 Å². The lowest BCUT2D eigenvalue weighted by atomic mass is 10.3. The first-order valence-electron chi connectivity index (χ1n) is 5.95. The lowest BCUT2D eigenvalue weighted by Crippen LogP contribution is -2.00. The molecule has 0 aliphatic carbocycles. The molecule has 0 unspecified atom stereocenters. The van der Waals surface area contributed by atoms with E-state index >= 15 is 0 Å². The molecule has 0 fully saturated rings. The van der Waals surface area contributed by atoms with Crippen molar-refractivity contribution in [3.8, 4) is 0 Å². The molecule has 0 aliphatic rings. The molecule has 3 aromatic rings. The van der Waals surface area contributed by atoms with Crippen molar-refractivity contribution in [1.82, 2.24) is 9.97 Å². The van der Waals surface area contributed by atoms with Gasteiger partial charge in [0.2, 0.25) is 0 Å². The van der Waals surface area contributed by atoms with Crippen molar-refractivity contribution >= 4 is 28.3 Å². The molecule has 2 N–H and O–H groups in total. The van der Waals surface area contributed by atoms with Gasteiger partial charge in [0.1, 0.15) is 5.82 Å². The van der Waals surface area contributed by atoms with Gasteiger partial charge in [-0.25, -0.2) is 13.8 Å². The third kappa shape index (κ3) is 2.58. The van der Waals surface area contributed by atoms with Crippen LogP contribution in [0.1, 0.15) is 5.82 Å². The van der Waals surface area contributed by atoms with Gasteiger partial charge in [-0.15, -0.1) is 0 Å². The Morgan fingerprint density at radius 2 is 1.95 bits per heavy atom. The van der Waals surface area contributed by atoms with E-state index in [4.69, 9.17) is 11.6 Å². The number of fused-ring (bicyclic) bond motifs is 1. The molecule has 2 aromatic carbocycles.